The number of carbonyl (C=O) groups excluding carboxylic acids is 1. The van der Waals surface area contributed by atoms with E-state index in [2.05, 4.69) is 10.6 Å². The highest BCUT2D eigenvalue weighted by molar-refractivity contribution is 5.90. The van der Waals surface area contributed by atoms with Crippen LogP contribution in [0.4, 0.5) is 10.5 Å². The van der Waals surface area contributed by atoms with Gasteiger partial charge in [-0.15, -0.1) is 0 Å². The molecule has 5 heteroatoms. The minimum atomic E-state index is -0.920. The van der Waals surface area contributed by atoms with Gasteiger partial charge < -0.3 is 10.6 Å². The first-order valence-corrected chi connectivity index (χ1v) is 4.97. The zero-order valence-electron chi connectivity index (χ0n) is 9.61. The van der Waals surface area contributed by atoms with Gasteiger partial charge in [-0.25, -0.2) is 4.79 Å². The first kappa shape index (κ1) is 12.5. The molecule has 0 bridgehead atoms. The highest BCUT2D eigenvalue weighted by Crippen LogP contribution is 2.09. The van der Waals surface area contributed by atoms with Crippen molar-refractivity contribution in [3.63, 3.8) is 0 Å². The van der Waals surface area contributed by atoms with E-state index in [-0.39, 0.29) is 0 Å². The van der Waals surface area contributed by atoms with E-state index < -0.39 is 11.6 Å². The standard InChI is InChI=1S/C12H12N4O/c1-12(2,8-14)16-11(17)15-10-5-3-9(7-13)4-6-10/h3-6H,1-2H3,(H2,15,16,17). The van der Waals surface area contributed by atoms with Crippen LogP contribution in [0.1, 0.15) is 19.4 Å². The quantitative estimate of drug-likeness (QED) is 0.811. The largest absolute Gasteiger partial charge is 0.320 e. The van der Waals surface area contributed by atoms with E-state index in [4.69, 9.17) is 10.5 Å². The molecule has 2 amide bonds. The molecule has 0 radical (unpaired) electrons. The highest BCUT2D eigenvalue weighted by atomic mass is 16.2. The Hall–Kier alpha value is -2.53. The number of nitriles is 2. The fourth-order valence-corrected chi connectivity index (χ4v) is 1.10. The molecule has 0 aliphatic carbocycles. The van der Waals surface area contributed by atoms with E-state index in [0.717, 1.165) is 0 Å². The lowest BCUT2D eigenvalue weighted by Gasteiger charge is -2.17. The summed E-state index contributed by atoms with van der Waals surface area (Å²) in [6.07, 6.45) is 0. The second kappa shape index (κ2) is 5.00. The third kappa shape index (κ3) is 3.84. The molecule has 86 valence electrons. The van der Waals surface area contributed by atoms with Gasteiger partial charge in [-0.05, 0) is 38.1 Å². The second-order valence-corrected chi connectivity index (χ2v) is 4.01. The molecule has 0 aliphatic heterocycles. The number of hydrogen-bond acceptors (Lipinski definition) is 3. The number of urea groups is 1. The van der Waals surface area contributed by atoms with Crippen LogP contribution < -0.4 is 10.6 Å². The van der Waals surface area contributed by atoms with E-state index >= 15 is 0 Å². The lowest BCUT2D eigenvalue weighted by molar-refractivity contribution is 0.246. The van der Waals surface area contributed by atoms with Crippen LogP contribution in [0.2, 0.25) is 0 Å². The number of amides is 2. The molecule has 0 aromatic heterocycles. The summed E-state index contributed by atoms with van der Waals surface area (Å²) < 4.78 is 0. The van der Waals surface area contributed by atoms with Gasteiger partial charge in [0.25, 0.3) is 0 Å². The normalized spacial score (nSPS) is 9.88. The molecule has 0 saturated heterocycles. The third-order valence-electron chi connectivity index (χ3n) is 1.98. The molecule has 0 unspecified atom stereocenters. The second-order valence-electron chi connectivity index (χ2n) is 4.01. The van der Waals surface area contributed by atoms with Gasteiger partial charge in [-0.2, -0.15) is 10.5 Å². The number of nitrogens with one attached hydrogen (secondary N) is 2. The Bertz CT molecular complexity index is 491. The molecule has 0 spiro atoms. The summed E-state index contributed by atoms with van der Waals surface area (Å²) in [4.78, 5) is 11.5. The molecular weight excluding hydrogens is 216 g/mol. The first-order valence-electron chi connectivity index (χ1n) is 4.97. The van der Waals surface area contributed by atoms with Crippen LogP contribution in [0.3, 0.4) is 0 Å². The monoisotopic (exact) mass is 228 g/mol. The van der Waals surface area contributed by atoms with Crippen molar-refractivity contribution in [2.75, 3.05) is 5.32 Å². The number of hydrogen-bond donors (Lipinski definition) is 2. The van der Waals surface area contributed by atoms with Crippen LogP contribution in [-0.4, -0.2) is 11.6 Å². The summed E-state index contributed by atoms with van der Waals surface area (Å²) in [6, 6.07) is 9.94. The average molecular weight is 228 g/mol. The molecule has 1 rings (SSSR count). The van der Waals surface area contributed by atoms with Crippen LogP contribution in [-0.2, 0) is 0 Å². The van der Waals surface area contributed by atoms with Gasteiger partial charge >= 0.3 is 6.03 Å². The summed E-state index contributed by atoms with van der Waals surface area (Å²) in [7, 11) is 0. The van der Waals surface area contributed by atoms with Crippen LogP contribution >= 0.6 is 0 Å². The van der Waals surface area contributed by atoms with Crippen LogP contribution in [0.5, 0.6) is 0 Å². The molecule has 0 atom stereocenters. The predicted octanol–water partition coefficient (Wildman–Crippen LogP) is 1.98. The van der Waals surface area contributed by atoms with Gasteiger partial charge in [0.05, 0.1) is 17.7 Å². The number of anilines is 1. The molecular formula is C12H12N4O. The summed E-state index contributed by atoms with van der Waals surface area (Å²) in [5.74, 6) is 0. The van der Waals surface area contributed by atoms with Crippen molar-refractivity contribution in [3.8, 4) is 12.1 Å². The summed E-state index contributed by atoms with van der Waals surface area (Å²) in [5, 5.41) is 22.4. The van der Waals surface area contributed by atoms with Crippen molar-refractivity contribution in [3.05, 3.63) is 29.8 Å². The lowest BCUT2D eigenvalue weighted by atomic mass is 10.1. The molecule has 5 nitrogen and oxygen atoms in total. The molecule has 2 N–H and O–H groups in total. The number of benzene rings is 1. The Labute approximate surface area is 99.7 Å². The van der Waals surface area contributed by atoms with E-state index in [0.29, 0.717) is 11.3 Å². The number of nitrogens with zero attached hydrogens (tertiary/aromatic N) is 2. The fraction of sp³-hybridized carbons (Fsp3) is 0.250. The minimum absolute atomic E-state index is 0.457. The van der Waals surface area contributed by atoms with Crippen molar-refractivity contribution < 1.29 is 4.79 Å². The highest BCUT2D eigenvalue weighted by Gasteiger charge is 2.18. The topological polar surface area (TPSA) is 88.7 Å². The first-order chi connectivity index (χ1) is 7.96. The van der Waals surface area contributed by atoms with Gasteiger partial charge in [0.2, 0.25) is 0 Å². The van der Waals surface area contributed by atoms with Crippen molar-refractivity contribution in [2.45, 2.75) is 19.4 Å². The summed E-state index contributed by atoms with van der Waals surface area (Å²) >= 11 is 0. The fourth-order valence-electron chi connectivity index (χ4n) is 1.10. The molecule has 0 heterocycles. The predicted molar refractivity (Wildman–Crippen MR) is 63.0 cm³/mol. The van der Waals surface area contributed by atoms with Crippen LogP contribution in [0.25, 0.3) is 0 Å². The molecule has 17 heavy (non-hydrogen) atoms. The Balaban J connectivity index is 2.64. The summed E-state index contributed by atoms with van der Waals surface area (Å²) in [6.45, 7) is 3.21. The van der Waals surface area contributed by atoms with Crippen molar-refractivity contribution in [1.82, 2.24) is 5.32 Å². The number of rotatable bonds is 2. The van der Waals surface area contributed by atoms with E-state index in [1.54, 1.807) is 38.1 Å². The molecule has 1 aromatic carbocycles. The number of carbonyl (C=O) groups is 1. The Kier molecular flexibility index (Phi) is 3.69. The maximum Gasteiger partial charge on any atom is 0.320 e. The van der Waals surface area contributed by atoms with Gasteiger partial charge in [-0.1, -0.05) is 0 Å². The van der Waals surface area contributed by atoms with Crippen molar-refractivity contribution >= 4 is 11.7 Å². The van der Waals surface area contributed by atoms with Crippen molar-refractivity contribution in [2.24, 2.45) is 0 Å². The Morgan fingerprint density at radius 3 is 2.29 bits per heavy atom. The zero-order valence-corrected chi connectivity index (χ0v) is 9.61. The maximum absolute atomic E-state index is 11.5. The van der Waals surface area contributed by atoms with Gasteiger partial charge in [0.1, 0.15) is 5.54 Å². The van der Waals surface area contributed by atoms with Gasteiger partial charge in [-0.3, -0.25) is 0 Å². The molecule has 1 aromatic rings. The smallest absolute Gasteiger partial charge is 0.320 e. The Morgan fingerprint density at radius 1 is 1.24 bits per heavy atom. The van der Waals surface area contributed by atoms with Crippen LogP contribution in [0.15, 0.2) is 24.3 Å². The van der Waals surface area contributed by atoms with E-state index in [1.807, 2.05) is 12.1 Å². The van der Waals surface area contributed by atoms with Gasteiger partial charge in [0.15, 0.2) is 0 Å². The molecule has 0 aliphatic rings. The van der Waals surface area contributed by atoms with Crippen LogP contribution in [0, 0.1) is 22.7 Å². The zero-order chi connectivity index (χ0) is 12.9. The SMILES string of the molecule is CC(C)(C#N)NC(=O)Nc1ccc(C#N)cc1. The average Bonchev–Trinajstić information content (AvgIpc) is 2.29. The van der Waals surface area contributed by atoms with Crippen molar-refractivity contribution in [1.29, 1.82) is 10.5 Å². The minimum Gasteiger partial charge on any atom is -0.320 e. The maximum atomic E-state index is 11.5. The van der Waals surface area contributed by atoms with Gasteiger partial charge in [0, 0.05) is 5.69 Å². The van der Waals surface area contributed by atoms with E-state index in [1.165, 1.54) is 0 Å². The van der Waals surface area contributed by atoms with E-state index in [9.17, 15) is 4.79 Å². The summed E-state index contributed by atoms with van der Waals surface area (Å²) in [5.41, 5.74) is 0.167. The lowest BCUT2D eigenvalue weighted by Crippen LogP contribution is -2.44. The third-order valence-corrected chi connectivity index (χ3v) is 1.98. The molecule has 0 saturated carbocycles. The molecule has 0 fully saturated rings. The Morgan fingerprint density at radius 2 is 1.82 bits per heavy atom.